The predicted molar refractivity (Wildman–Crippen MR) is 72.7 cm³/mol. The summed E-state index contributed by atoms with van der Waals surface area (Å²) in [6.07, 6.45) is -0.523. The molecular weight excluding hydrogens is 228 g/mol. The number of aliphatic hydroxyl groups excluding tert-OH is 1. The van der Waals surface area contributed by atoms with E-state index < -0.39 is 6.10 Å². The van der Waals surface area contributed by atoms with Crippen LogP contribution in [0.4, 0.5) is 4.79 Å². The van der Waals surface area contributed by atoms with Crippen molar-refractivity contribution >= 4 is 6.03 Å². The fraction of sp³-hybridized carbons (Fsp3) is 0.500. The van der Waals surface area contributed by atoms with Gasteiger partial charge >= 0.3 is 6.03 Å². The molecule has 4 heteroatoms. The molecule has 0 fully saturated rings. The molecule has 0 aromatic heterocycles. The number of carbonyl (C=O) groups is 1. The maximum atomic E-state index is 11.4. The van der Waals surface area contributed by atoms with Crippen molar-refractivity contribution in [2.75, 3.05) is 13.1 Å². The number of aryl methyl sites for hydroxylation is 1. The van der Waals surface area contributed by atoms with Gasteiger partial charge in [-0.25, -0.2) is 4.79 Å². The third-order valence-corrected chi connectivity index (χ3v) is 2.74. The quantitative estimate of drug-likeness (QED) is 0.746. The number of carbonyl (C=O) groups excluding carboxylic acids is 1. The Hall–Kier alpha value is -1.55. The molecule has 1 rings (SSSR count). The highest BCUT2D eigenvalue weighted by molar-refractivity contribution is 5.73. The Kier molecular flexibility index (Phi) is 5.65. The van der Waals surface area contributed by atoms with Crippen LogP contribution in [0.2, 0.25) is 0 Å². The standard InChI is InChI=1S/C14H22N2O2/c1-10-5-4-6-13(7-10)11(2)8-15-14(18)16-9-12(3)17/h4-7,11-12,17H,8-9H2,1-3H3,(H2,15,16,18)/t11?,12-/m1/s1. The molecule has 1 unspecified atom stereocenters. The number of rotatable bonds is 5. The lowest BCUT2D eigenvalue weighted by molar-refractivity contribution is 0.187. The van der Waals surface area contributed by atoms with Gasteiger partial charge < -0.3 is 15.7 Å². The van der Waals surface area contributed by atoms with Crippen LogP contribution in [0.3, 0.4) is 0 Å². The van der Waals surface area contributed by atoms with Crippen molar-refractivity contribution in [3.8, 4) is 0 Å². The van der Waals surface area contributed by atoms with Crippen LogP contribution in [-0.2, 0) is 0 Å². The topological polar surface area (TPSA) is 61.4 Å². The molecule has 0 aliphatic heterocycles. The van der Waals surface area contributed by atoms with Gasteiger partial charge in [-0.1, -0.05) is 36.8 Å². The Morgan fingerprint density at radius 1 is 1.28 bits per heavy atom. The Morgan fingerprint density at radius 2 is 1.94 bits per heavy atom. The summed E-state index contributed by atoms with van der Waals surface area (Å²) in [6, 6.07) is 8.02. The van der Waals surface area contributed by atoms with E-state index in [-0.39, 0.29) is 18.5 Å². The van der Waals surface area contributed by atoms with Gasteiger partial charge in [0.2, 0.25) is 0 Å². The Bertz CT molecular complexity index is 391. The van der Waals surface area contributed by atoms with E-state index in [4.69, 9.17) is 5.11 Å². The number of aliphatic hydroxyl groups is 1. The Labute approximate surface area is 108 Å². The third kappa shape index (κ3) is 5.19. The highest BCUT2D eigenvalue weighted by Crippen LogP contribution is 2.15. The largest absolute Gasteiger partial charge is 0.392 e. The number of amides is 2. The number of benzene rings is 1. The molecule has 0 heterocycles. The first kappa shape index (κ1) is 14.5. The molecule has 0 bridgehead atoms. The first-order chi connectivity index (χ1) is 8.49. The molecule has 2 atom stereocenters. The van der Waals surface area contributed by atoms with Crippen molar-refractivity contribution in [1.29, 1.82) is 0 Å². The Balaban J connectivity index is 2.37. The van der Waals surface area contributed by atoms with Crippen LogP contribution in [0, 0.1) is 6.92 Å². The summed E-state index contributed by atoms with van der Waals surface area (Å²) in [5, 5.41) is 14.4. The first-order valence-electron chi connectivity index (χ1n) is 6.25. The molecule has 0 aliphatic carbocycles. The molecule has 18 heavy (non-hydrogen) atoms. The van der Waals surface area contributed by atoms with Crippen molar-refractivity contribution in [3.05, 3.63) is 35.4 Å². The van der Waals surface area contributed by atoms with Crippen molar-refractivity contribution in [3.63, 3.8) is 0 Å². The van der Waals surface area contributed by atoms with Gasteiger partial charge in [-0.05, 0) is 25.3 Å². The summed E-state index contributed by atoms with van der Waals surface area (Å²) in [5.74, 6) is 0.266. The van der Waals surface area contributed by atoms with Gasteiger partial charge in [-0.3, -0.25) is 0 Å². The highest BCUT2D eigenvalue weighted by atomic mass is 16.3. The zero-order valence-electron chi connectivity index (χ0n) is 11.2. The monoisotopic (exact) mass is 250 g/mol. The van der Waals surface area contributed by atoms with E-state index in [0.717, 1.165) is 0 Å². The van der Waals surface area contributed by atoms with Crippen molar-refractivity contribution in [2.45, 2.75) is 32.8 Å². The number of hydrogen-bond donors (Lipinski definition) is 3. The molecule has 4 nitrogen and oxygen atoms in total. The van der Waals surface area contributed by atoms with E-state index in [9.17, 15) is 4.79 Å². The first-order valence-corrected chi connectivity index (χ1v) is 6.25. The molecule has 3 N–H and O–H groups in total. The lowest BCUT2D eigenvalue weighted by Crippen LogP contribution is -2.40. The lowest BCUT2D eigenvalue weighted by Gasteiger charge is -2.14. The molecule has 0 radical (unpaired) electrons. The third-order valence-electron chi connectivity index (χ3n) is 2.74. The minimum Gasteiger partial charge on any atom is -0.392 e. The zero-order chi connectivity index (χ0) is 13.5. The van der Waals surface area contributed by atoms with Gasteiger partial charge in [0.1, 0.15) is 0 Å². The van der Waals surface area contributed by atoms with Gasteiger partial charge in [-0.15, -0.1) is 0 Å². The van der Waals surface area contributed by atoms with Crippen molar-refractivity contribution < 1.29 is 9.90 Å². The second kappa shape index (κ2) is 7.01. The van der Waals surface area contributed by atoms with E-state index in [2.05, 4.69) is 42.7 Å². The smallest absolute Gasteiger partial charge is 0.314 e. The molecule has 0 saturated heterocycles. The number of nitrogens with one attached hydrogen (secondary N) is 2. The van der Waals surface area contributed by atoms with Gasteiger partial charge in [0, 0.05) is 13.1 Å². The summed E-state index contributed by atoms with van der Waals surface area (Å²) in [5.41, 5.74) is 2.43. The van der Waals surface area contributed by atoms with E-state index in [1.165, 1.54) is 11.1 Å². The minimum atomic E-state index is -0.523. The SMILES string of the molecule is Cc1cccc(C(C)CNC(=O)NC[C@@H](C)O)c1. The second-order valence-corrected chi connectivity index (χ2v) is 4.76. The molecule has 100 valence electrons. The fourth-order valence-electron chi connectivity index (χ4n) is 1.64. The minimum absolute atomic E-state index is 0.240. The summed E-state index contributed by atoms with van der Waals surface area (Å²) in [4.78, 5) is 11.4. The summed E-state index contributed by atoms with van der Waals surface area (Å²) in [6.45, 7) is 6.61. The Morgan fingerprint density at radius 3 is 2.56 bits per heavy atom. The molecule has 2 amide bonds. The van der Waals surface area contributed by atoms with Gasteiger partial charge in [0.25, 0.3) is 0 Å². The van der Waals surface area contributed by atoms with Crippen LogP contribution in [0.15, 0.2) is 24.3 Å². The van der Waals surface area contributed by atoms with E-state index >= 15 is 0 Å². The highest BCUT2D eigenvalue weighted by Gasteiger charge is 2.08. The molecule has 1 aromatic rings. The summed E-state index contributed by atoms with van der Waals surface area (Å²) in [7, 11) is 0. The molecule has 0 spiro atoms. The maximum Gasteiger partial charge on any atom is 0.314 e. The van der Waals surface area contributed by atoms with E-state index in [1.807, 2.05) is 6.07 Å². The average molecular weight is 250 g/mol. The van der Waals surface area contributed by atoms with Crippen molar-refractivity contribution in [1.82, 2.24) is 10.6 Å². The van der Waals surface area contributed by atoms with Crippen LogP contribution in [-0.4, -0.2) is 30.3 Å². The summed E-state index contributed by atoms with van der Waals surface area (Å²) >= 11 is 0. The lowest BCUT2D eigenvalue weighted by atomic mass is 9.99. The molecule has 0 aliphatic rings. The van der Waals surface area contributed by atoms with Gasteiger partial charge in [0.05, 0.1) is 6.10 Å². The van der Waals surface area contributed by atoms with Crippen molar-refractivity contribution in [2.24, 2.45) is 0 Å². The van der Waals surface area contributed by atoms with Gasteiger partial charge in [-0.2, -0.15) is 0 Å². The number of hydrogen-bond acceptors (Lipinski definition) is 2. The molecule has 1 aromatic carbocycles. The van der Waals surface area contributed by atoms with Crippen LogP contribution < -0.4 is 10.6 Å². The average Bonchev–Trinajstić information content (AvgIpc) is 2.33. The normalized spacial score (nSPS) is 13.8. The van der Waals surface area contributed by atoms with Crippen LogP contribution in [0.25, 0.3) is 0 Å². The van der Waals surface area contributed by atoms with E-state index in [1.54, 1.807) is 6.92 Å². The van der Waals surface area contributed by atoms with Gasteiger partial charge in [0.15, 0.2) is 0 Å². The van der Waals surface area contributed by atoms with Crippen LogP contribution >= 0.6 is 0 Å². The van der Waals surface area contributed by atoms with Crippen LogP contribution in [0.5, 0.6) is 0 Å². The molecular formula is C14H22N2O2. The maximum absolute atomic E-state index is 11.4. The fourth-order valence-corrected chi connectivity index (χ4v) is 1.64. The second-order valence-electron chi connectivity index (χ2n) is 4.76. The number of urea groups is 1. The van der Waals surface area contributed by atoms with E-state index in [0.29, 0.717) is 6.54 Å². The summed E-state index contributed by atoms with van der Waals surface area (Å²) < 4.78 is 0. The van der Waals surface area contributed by atoms with Crippen LogP contribution in [0.1, 0.15) is 30.9 Å². The predicted octanol–water partition coefficient (Wildman–Crippen LogP) is 1.78. The zero-order valence-corrected chi connectivity index (χ0v) is 11.2. The molecule has 0 saturated carbocycles.